The Morgan fingerprint density at radius 3 is 2.13 bits per heavy atom. The molecule has 0 unspecified atom stereocenters. The van der Waals surface area contributed by atoms with E-state index in [9.17, 15) is 5.26 Å². The zero-order valence-electron chi connectivity index (χ0n) is 27.4. The van der Waals surface area contributed by atoms with Crippen LogP contribution in [0.15, 0.2) is 110 Å². The van der Waals surface area contributed by atoms with Gasteiger partial charge in [0, 0.05) is 53.8 Å². The minimum atomic E-state index is -2.67. The van der Waals surface area contributed by atoms with Crippen LogP contribution in [0.4, 0.5) is 0 Å². The van der Waals surface area contributed by atoms with Crippen LogP contribution in [0.5, 0.6) is 0 Å². The fourth-order valence-corrected chi connectivity index (χ4v) is 11.1. The summed E-state index contributed by atoms with van der Waals surface area (Å²) >= 11 is 0. The lowest BCUT2D eigenvalue weighted by Gasteiger charge is -2.44. The summed E-state index contributed by atoms with van der Waals surface area (Å²) in [5, 5.41) is 16.9. The first-order valence-corrected chi connectivity index (χ1v) is 17.5. The fraction of sp³-hybridized carbons (Fsp3) is 0.263. The quantitative estimate of drug-likeness (QED) is 0.161. The third-order valence-electron chi connectivity index (χ3n) is 8.49. The van der Waals surface area contributed by atoms with Gasteiger partial charge < -0.3 is 8.83 Å². The molecule has 4 heterocycles. The molecule has 0 saturated heterocycles. The van der Waals surface area contributed by atoms with Crippen molar-refractivity contribution in [3.8, 4) is 28.5 Å². The lowest BCUT2D eigenvalue weighted by atomic mass is 9.95. The third-order valence-corrected chi connectivity index (χ3v) is 13.5. The van der Waals surface area contributed by atoms with E-state index in [4.69, 9.17) is 14.5 Å². The Kier molecular flexibility index (Phi) is 8.24. The number of nitrogens with zero attached hydrogens (tertiary/aromatic N) is 6. The number of pyridine rings is 2. The molecule has 2 aromatic carbocycles. The Labute approximate surface area is 272 Å². The monoisotopic (exact) mass is 624 g/mol. The molecule has 0 aliphatic heterocycles. The minimum absolute atomic E-state index is 0.0955. The van der Waals surface area contributed by atoms with E-state index in [0.717, 1.165) is 33.7 Å². The van der Waals surface area contributed by atoms with Crippen LogP contribution in [-0.4, -0.2) is 39.1 Å². The van der Waals surface area contributed by atoms with Crippen LogP contribution in [0, 0.1) is 23.7 Å². The summed E-state index contributed by atoms with van der Waals surface area (Å²) in [5.41, 5.74) is 5.42. The van der Waals surface area contributed by atoms with Crippen molar-refractivity contribution < 1.29 is 4.43 Å². The highest BCUT2D eigenvalue weighted by atomic mass is 28.4. The smallest absolute Gasteiger partial charge is 0.261 e. The standard InChI is InChI=1S/C38H40N6OSi/c1-28-24-43-20-19-29(21-35(43)41-28)36-34(18-17-31(22-39)42-36)30-23-40-44(25-30)26-38(5,6)27-45-46(37(2,3)4,32-13-9-7-10-14-32)33-15-11-8-12-16-33/h7-21,23-25H,26-27H2,1-6H3. The van der Waals surface area contributed by atoms with Gasteiger partial charge in [0.05, 0.1) is 17.6 Å². The number of aromatic nitrogens is 5. The molecular weight excluding hydrogens is 585 g/mol. The highest BCUT2D eigenvalue weighted by Crippen LogP contribution is 2.38. The van der Waals surface area contributed by atoms with Crippen molar-refractivity contribution in [3.63, 3.8) is 0 Å². The summed E-state index contributed by atoms with van der Waals surface area (Å²) in [4.78, 5) is 9.34. The zero-order chi connectivity index (χ0) is 32.5. The van der Waals surface area contributed by atoms with E-state index in [-0.39, 0.29) is 10.5 Å². The molecule has 4 aromatic heterocycles. The van der Waals surface area contributed by atoms with Gasteiger partial charge >= 0.3 is 0 Å². The molecule has 6 rings (SSSR count). The molecule has 0 fully saturated rings. The van der Waals surface area contributed by atoms with Crippen molar-refractivity contribution in [2.45, 2.75) is 53.1 Å². The molecule has 0 saturated carbocycles. The molecule has 0 radical (unpaired) electrons. The Morgan fingerprint density at radius 1 is 0.826 bits per heavy atom. The van der Waals surface area contributed by atoms with Crippen molar-refractivity contribution in [3.05, 3.63) is 121 Å². The fourth-order valence-electron chi connectivity index (χ4n) is 6.37. The Balaban J connectivity index is 1.29. The van der Waals surface area contributed by atoms with Crippen molar-refractivity contribution in [1.82, 2.24) is 24.1 Å². The Morgan fingerprint density at radius 2 is 1.50 bits per heavy atom. The lowest BCUT2D eigenvalue weighted by Crippen LogP contribution is -2.67. The van der Waals surface area contributed by atoms with Gasteiger partial charge in [0.25, 0.3) is 8.32 Å². The first kappa shape index (κ1) is 31.2. The van der Waals surface area contributed by atoms with E-state index in [2.05, 4.69) is 113 Å². The lowest BCUT2D eigenvalue weighted by molar-refractivity contribution is 0.146. The second-order valence-corrected chi connectivity index (χ2v) is 18.1. The van der Waals surface area contributed by atoms with E-state index < -0.39 is 8.32 Å². The predicted octanol–water partition coefficient (Wildman–Crippen LogP) is 7.04. The molecule has 0 spiro atoms. The topological polar surface area (TPSA) is 81.0 Å². The summed E-state index contributed by atoms with van der Waals surface area (Å²) in [6.07, 6.45) is 7.91. The molecule has 0 atom stereocenters. The minimum Gasteiger partial charge on any atom is -0.407 e. The number of fused-ring (bicyclic) bond motifs is 1. The van der Waals surface area contributed by atoms with E-state index in [1.807, 2.05) is 52.8 Å². The Hall–Kier alpha value is -4.84. The number of hydrogen-bond acceptors (Lipinski definition) is 5. The van der Waals surface area contributed by atoms with Crippen LogP contribution in [0.25, 0.3) is 28.0 Å². The molecule has 7 nitrogen and oxygen atoms in total. The second kappa shape index (κ2) is 12.2. The van der Waals surface area contributed by atoms with Gasteiger partial charge in [-0.3, -0.25) is 4.68 Å². The van der Waals surface area contributed by atoms with Gasteiger partial charge in [-0.05, 0) is 46.6 Å². The maximum Gasteiger partial charge on any atom is 0.261 e. The third kappa shape index (κ3) is 6.04. The largest absolute Gasteiger partial charge is 0.407 e. The SMILES string of the molecule is Cc1cn2ccc(-c3nc(C#N)ccc3-c3cnn(CC(C)(C)CO[Si](c4ccccc4)(c4ccccc4)C(C)(C)C)c3)cc2n1. The van der Waals surface area contributed by atoms with Gasteiger partial charge in [0.1, 0.15) is 17.4 Å². The van der Waals surface area contributed by atoms with Crippen molar-refractivity contribution in [2.24, 2.45) is 5.41 Å². The number of nitriles is 1. The van der Waals surface area contributed by atoms with Gasteiger partial charge in [-0.15, -0.1) is 0 Å². The summed E-state index contributed by atoms with van der Waals surface area (Å²) in [6, 6.07) is 31.5. The molecule has 8 heteroatoms. The van der Waals surface area contributed by atoms with Crippen molar-refractivity contribution >= 4 is 24.3 Å². The van der Waals surface area contributed by atoms with E-state index in [0.29, 0.717) is 18.8 Å². The summed E-state index contributed by atoms with van der Waals surface area (Å²) < 4.78 is 11.3. The van der Waals surface area contributed by atoms with E-state index in [1.54, 1.807) is 6.07 Å². The molecule has 0 aliphatic rings. The molecular formula is C38H40N6OSi. The summed E-state index contributed by atoms with van der Waals surface area (Å²) in [5.74, 6) is 0. The first-order valence-electron chi connectivity index (χ1n) is 15.6. The van der Waals surface area contributed by atoms with Crippen LogP contribution < -0.4 is 10.4 Å². The maximum atomic E-state index is 9.63. The van der Waals surface area contributed by atoms with Crippen LogP contribution in [0.3, 0.4) is 0 Å². The predicted molar refractivity (Wildman–Crippen MR) is 186 cm³/mol. The number of aryl methyl sites for hydroxylation is 1. The average molecular weight is 625 g/mol. The number of hydrogen-bond donors (Lipinski definition) is 0. The average Bonchev–Trinajstić information content (AvgIpc) is 3.66. The molecule has 6 aromatic rings. The second-order valence-electron chi connectivity index (χ2n) is 13.8. The zero-order valence-corrected chi connectivity index (χ0v) is 28.4. The van der Waals surface area contributed by atoms with Crippen molar-refractivity contribution in [2.75, 3.05) is 6.61 Å². The number of imidazole rings is 1. The normalized spacial score (nSPS) is 12.4. The van der Waals surface area contributed by atoms with Crippen LogP contribution in [0.2, 0.25) is 5.04 Å². The Bertz CT molecular complexity index is 1980. The van der Waals surface area contributed by atoms with Crippen LogP contribution in [0.1, 0.15) is 46.0 Å². The molecule has 0 amide bonds. The van der Waals surface area contributed by atoms with Gasteiger partial charge in [0.15, 0.2) is 0 Å². The molecule has 0 N–H and O–H groups in total. The van der Waals surface area contributed by atoms with Crippen LogP contribution in [-0.2, 0) is 11.0 Å². The van der Waals surface area contributed by atoms with Gasteiger partial charge in [-0.25, -0.2) is 9.97 Å². The van der Waals surface area contributed by atoms with Crippen molar-refractivity contribution in [1.29, 1.82) is 5.26 Å². The van der Waals surface area contributed by atoms with E-state index in [1.165, 1.54) is 10.4 Å². The van der Waals surface area contributed by atoms with Gasteiger partial charge in [-0.2, -0.15) is 10.4 Å². The maximum absolute atomic E-state index is 9.63. The molecule has 0 bridgehead atoms. The highest BCUT2D eigenvalue weighted by molar-refractivity contribution is 6.99. The van der Waals surface area contributed by atoms with Gasteiger partial charge in [-0.1, -0.05) is 95.3 Å². The molecule has 0 aliphatic carbocycles. The number of rotatable bonds is 9. The van der Waals surface area contributed by atoms with Crippen LogP contribution >= 0.6 is 0 Å². The number of benzene rings is 2. The first-order chi connectivity index (χ1) is 22.0. The van der Waals surface area contributed by atoms with E-state index >= 15 is 0 Å². The summed E-state index contributed by atoms with van der Waals surface area (Å²) in [7, 11) is -2.67. The molecule has 232 valence electrons. The molecule has 46 heavy (non-hydrogen) atoms. The highest BCUT2D eigenvalue weighted by Gasteiger charge is 2.50. The van der Waals surface area contributed by atoms with Gasteiger partial charge in [0.2, 0.25) is 0 Å². The summed E-state index contributed by atoms with van der Waals surface area (Å²) in [6.45, 7) is 14.6.